The number of hydrogen-bond donors (Lipinski definition) is 2. The Hall–Kier alpha value is -2.85. The highest BCUT2D eigenvalue weighted by Crippen LogP contribution is 2.27. The van der Waals surface area contributed by atoms with Crippen LogP contribution in [0.25, 0.3) is 5.69 Å². The third kappa shape index (κ3) is 3.81. The van der Waals surface area contributed by atoms with Crippen LogP contribution in [0.1, 0.15) is 51.4 Å². The number of nitrogens with zero attached hydrogens (tertiary/aromatic N) is 1. The lowest BCUT2D eigenvalue weighted by atomic mass is 10.1. The van der Waals surface area contributed by atoms with Gasteiger partial charge in [0.1, 0.15) is 0 Å². The standard InChI is InChI=1S/C23H26N2O2/c1-15-10-12-20(13-11-15)25-17(3)21(22(18(25)4)23(26)27)14-24-16(2)19-8-6-5-7-9-19/h5-13,16,24H,14H2,1-4H3,(H,26,27). The molecule has 0 radical (unpaired) electrons. The van der Waals surface area contributed by atoms with Gasteiger partial charge in [-0.3, -0.25) is 0 Å². The molecule has 0 aliphatic rings. The van der Waals surface area contributed by atoms with Crippen LogP contribution in [0.3, 0.4) is 0 Å². The average molecular weight is 362 g/mol. The predicted molar refractivity (Wildman–Crippen MR) is 109 cm³/mol. The average Bonchev–Trinajstić information content (AvgIpc) is 2.91. The number of carboxylic acids is 1. The summed E-state index contributed by atoms with van der Waals surface area (Å²) in [5, 5.41) is 13.3. The van der Waals surface area contributed by atoms with Crippen molar-refractivity contribution in [2.75, 3.05) is 0 Å². The van der Waals surface area contributed by atoms with Crippen molar-refractivity contribution in [3.63, 3.8) is 0 Å². The number of nitrogens with one attached hydrogen (secondary N) is 1. The molecule has 3 aromatic rings. The molecule has 140 valence electrons. The van der Waals surface area contributed by atoms with Crippen LogP contribution in [0.4, 0.5) is 0 Å². The molecule has 1 atom stereocenters. The van der Waals surface area contributed by atoms with Gasteiger partial charge in [0.2, 0.25) is 0 Å². The first-order chi connectivity index (χ1) is 12.9. The molecular formula is C23H26N2O2. The molecule has 0 bridgehead atoms. The summed E-state index contributed by atoms with van der Waals surface area (Å²) in [6.07, 6.45) is 0. The summed E-state index contributed by atoms with van der Waals surface area (Å²) in [5.41, 5.74) is 6.29. The van der Waals surface area contributed by atoms with Gasteiger partial charge in [-0.1, -0.05) is 48.0 Å². The number of aromatic carboxylic acids is 1. The van der Waals surface area contributed by atoms with E-state index in [-0.39, 0.29) is 6.04 Å². The maximum atomic E-state index is 12.0. The fourth-order valence-corrected chi connectivity index (χ4v) is 3.59. The number of carboxylic acid groups (broad SMARTS) is 1. The fourth-order valence-electron chi connectivity index (χ4n) is 3.59. The molecule has 27 heavy (non-hydrogen) atoms. The largest absolute Gasteiger partial charge is 0.478 e. The minimum absolute atomic E-state index is 0.135. The van der Waals surface area contributed by atoms with Gasteiger partial charge in [-0.25, -0.2) is 4.79 Å². The van der Waals surface area contributed by atoms with Gasteiger partial charge in [-0.15, -0.1) is 0 Å². The first kappa shape index (κ1) is 18.9. The first-order valence-corrected chi connectivity index (χ1v) is 9.19. The molecule has 0 amide bonds. The molecule has 3 rings (SSSR count). The fraction of sp³-hybridized carbons (Fsp3) is 0.261. The van der Waals surface area contributed by atoms with E-state index in [1.165, 1.54) is 11.1 Å². The monoisotopic (exact) mass is 362 g/mol. The highest BCUT2D eigenvalue weighted by atomic mass is 16.4. The van der Waals surface area contributed by atoms with Crippen LogP contribution in [-0.4, -0.2) is 15.6 Å². The molecule has 0 aliphatic heterocycles. The molecule has 1 unspecified atom stereocenters. The topological polar surface area (TPSA) is 54.3 Å². The van der Waals surface area contributed by atoms with E-state index in [9.17, 15) is 9.90 Å². The quantitative estimate of drug-likeness (QED) is 0.652. The minimum atomic E-state index is -0.884. The van der Waals surface area contributed by atoms with E-state index in [0.29, 0.717) is 12.1 Å². The Morgan fingerprint density at radius 3 is 2.22 bits per heavy atom. The molecule has 0 saturated carbocycles. The summed E-state index contributed by atoms with van der Waals surface area (Å²) in [7, 11) is 0. The van der Waals surface area contributed by atoms with Gasteiger partial charge in [0, 0.05) is 35.2 Å². The van der Waals surface area contributed by atoms with Gasteiger partial charge in [0.25, 0.3) is 0 Å². The van der Waals surface area contributed by atoms with Crippen LogP contribution >= 0.6 is 0 Å². The summed E-state index contributed by atoms with van der Waals surface area (Å²) in [4.78, 5) is 12.0. The molecule has 0 spiro atoms. The summed E-state index contributed by atoms with van der Waals surface area (Å²) in [6.45, 7) is 8.50. The molecule has 4 heteroatoms. The highest BCUT2D eigenvalue weighted by Gasteiger charge is 2.23. The van der Waals surface area contributed by atoms with Crippen molar-refractivity contribution in [3.8, 4) is 5.69 Å². The van der Waals surface area contributed by atoms with Gasteiger partial charge < -0.3 is 15.0 Å². The lowest BCUT2D eigenvalue weighted by Crippen LogP contribution is -2.19. The van der Waals surface area contributed by atoms with Crippen molar-refractivity contribution < 1.29 is 9.90 Å². The molecular weight excluding hydrogens is 336 g/mol. The normalized spacial score (nSPS) is 12.1. The van der Waals surface area contributed by atoms with Gasteiger partial charge in [-0.2, -0.15) is 0 Å². The summed E-state index contributed by atoms with van der Waals surface area (Å²) in [5.74, 6) is -0.884. The zero-order valence-electron chi connectivity index (χ0n) is 16.3. The molecule has 2 aromatic carbocycles. The Labute approximate surface area is 160 Å². The van der Waals surface area contributed by atoms with Gasteiger partial charge in [-0.05, 0) is 45.4 Å². The van der Waals surface area contributed by atoms with E-state index >= 15 is 0 Å². The Bertz CT molecular complexity index is 941. The maximum absolute atomic E-state index is 12.0. The Kier molecular flexibility index (Phi) is 5.47. The van der Waals surface area contributed by atoms with Crippen molar-refractivity contribution in [1.29, 1.82) is 0 Å². The predicted octanol–water partition coefficient (Wildman–Crippen LogP) is 4.95. The van der Waals surface area contributed by atoms with Crippen LogP contribution in [0.15, 0.2) is 54.6 Å². The molecule has 0 saturated heterocycles. The minimum Gasteiger partial charge on any atom is -0.478 e. The molecule has 2 N–H and O–H groups in total. The van der Waals surface area contributed by atoms with E-state index in [4.69, 9.17) is 0 Å². The van der Waals surface area contributed by atoms with Crippen LogP contribution < -0.4 is 5.32 Å². The second kappa shape index (κ2) is 7.80. The van der Waals surface area contributed by atoms with Crippen molar-refractivity contribution in [2.24, 2.45) is 0 Å². The van der Waals surface area contributed by atoms with Crippen molar-refractivity contribution in [1.82, 2.24) is 9.88 Å². The Morgan fingerprint density at radius 1 is 1.00 bits per heavy atom. The number of aryl methyl sites for hydroxylation is 1. The van der Waals surface area contributed by atoms with Crippen LogP contribution in [0, 0.1) is 20.8 Å². The number of benzene rings is 2. The molecule has 0 fully saturated rings. The third-order valence-electron chi connectivity index (χ3n) is 5.16. The maximum Gasteiger partial charge on any atom is 0.337 e. The van der Waals surface area contributed by atoms with Crippen LogP contribution in [0.5, 0.6) is 0 Å². The van der Waals surface area contributed by atoms with Crippen LogP contribution in [-0.2, 0) is 6.54 Å². The van der Waals surface area contributed by atoms with Gasteiger partial charge >= 0.3 is 5.97 Å². The summed E-state index contributed by atoms with van der Waals surface area (Å²) >= 11 is 0. The molecule has 4 nitrogen and oxygen atoms in total. The van der Waals surface area contributed by atoms with Gasteiger partial charge in [0.05, 0.1) is 5.56 Å². The van der Waals surface area contributed by atoms with Gasteiger partial charge in [0.15, 0.2) is 0 Å². The number of hydrogen-bond acceptors (Lipinski definition) is 2. The van der Waals surface area contributed by atoms with E-state index < -0.39 is 5.97 Å². The second-order valence-corrected chi connectivity index (χ2v) is 7.01. The Balaban J connectivity index is 1.96. The lowest BCUT2D eigenvalue weighted by Gasteiger charge is -2.15. The van der Waals surface area contributed by atoms with Crippen LogP contribution in [0.2, 0.25) is 0 Å². The lowest BCUT2D eigenvalue weighted by molar-refractivity contribution is 0.0694. The zero-order chi connectivity index (χ0) is 19.6. The Morgan fingerprint density at radius 2 is 1.63 bits per heavy atom. The van der Waals surface area contributed by atoms with Crippen molar-refractivity contribution in [2.45, 2.75) is 40.3 Å². The van der Waals surface area contributed by atoms with Crippen molar-refractivity contribution in [3.05, 3.63) is 88.2 Å². The third-order valence-corrected chi connectivity index (χ3v) is 5.16. The zero-order valence-corrected chi connectivity index (χ0v) is 16.3. The van der Waals surface area contributed by atoms with E-state index in [2.05, 4.69) is 24.4 Å². The highest BCUT2D eigenvalue weighted by molar-refractivity contribution is 5.91. The van der Waals surface area contributed by atoms with E-state index in [1.807, 2.05) is 67.8 Å². The summed E-state index contributed by atoms with van der Waals surface area (Å²) < 4.78 is 2.03. The number of rotatable bonds is 6. The van der Waals surface area contributed by atoms with E-state index in [0.717, 1.165) is 22.6 Å². The first-order valence-electron chi connectivity index (χ1n) is 9.19. The van der Waals surface area contributed by atoms with Crippen molar-refractivity contribution >= 4 is 5.97 Å². The SMILES string of the molecule is Cc1ccc(-n2c(C)c(CNC(C)c3ccccc3)c(C(=O)O)c2C)cc1. The molecule has 1 heterocycles. The van der Waals surface area contributed by atoms with E-state index in [1.54, 1.807) is 0 Å². The summed E-state index contributed by atoms with van der Waals surface area (Å²) in [6, 6.07) is 18.5. The second-order valence-electron chi connectivity index (χ2n) is 7.01. The number of aromatic nitrogens is 1. The molecule has 1 aromatic heterocycles. The smallest absolute Gasteiger partial charge is 0.337 e. The number of carbonyl (C=O) groups is 1. The molecule has 0 aliphatic carbocycles.